The van der Waals surface area contributed by atoms with Crippen LogP contribution in [0.3, 0.4) is 0 Å². The van der Waals surface area contributed by atoms with Crippen molar-refractivity contribution >= 4 is 17.3 Å². The molecule has 0 radical (unpaired) electrons. The molecular weight excluding hydrogens is 476 g/mol. The number of para-hydroxylation sites is 1. The van der Waals surface area contributed by atoms with Crippen LogP contribution in [0.5, 0.6) is 5.75 Å². The molecule has 2 aromatic heterocycles. The zero-order valence-electron chi connectivity index (χ0n) is 22.4. The van der Waals surface area contributed by atoms with Gasteiger partial charge >= 0.3 is 0 Å². The molecule has 4 heterocycles. The van der Waals surface area contributed by atoms with Crippen LogP contribution in [0.2, 0.25) is 0 Å². The number of aromatic nitrogens is 4. The molecule has 38 heavy (non-hydrogen) atoms. The number of nitrogens with two attached hydrogens (primary N) is 1. The van der Waals surface area contributed by atoms with Crippen molar-refractivity contribution in [2.45, 2.75) is 58.2 Å². The van der Waals surface area contributed by atoms with E-state index >= 15 is 0 Å². The van der Waals surface area contributed by atoms with Gasteiger partial charge in [-0.3, -0.25) is 4.90 Å². The Morgan fingerprint density at radius 3 is 2.55 bits per heavy atom. The lowest BCUT2D eigenvalue weighted by atomic mass is 10.1. The molecule has 3 unspecified atom stereocenters. The van der Waals surface area contributed by atoms with Gasteiger partial charge in [-0.05, 0) is 70.2 Å². The topological polar surface area (TPSA) is 108 Å². The molecule has 0 spiro atoms. The molecule has 2 aliphatic rings. The molecule has 198 valence electrons. The van der Waals surface area contributed by atoms with Crippen molar-refractivity contribution < 1.29 is 5.11 Å². The quantitative estimate of drug-likeness (QED) is 0.508. The Bertz CT molecular complexity index is 1330. The third-order valence-electron chi connectivity index (χ3n) is 7.81. The van der Waals surface area contributed by atoms with Crippen LogP contribution in [0.15, 0.2) is 42.6 Å². The number of nitrogens with zero attached hydrogens (tertiary/aromatic N) is 7. The molecule has 2 saturated heterocycles. The molecular formula is C29H36N8O. The summed E-state index contributed by atoms with van der Waals surface area (Å²) in [7, 11) is 0. The standard InChI is InChI=1S/C29H36N8O/c1-20-10-11-21(2)36(20)15-6-9-27-31-14-12-28(32-27)37-18-17-35(16-13-22(37)3)25-19-24(33-34-29(25)30)23-7-4-5-8-26(23)38/h4-5,7-8,12,14,19-22,38H,10-11,13,15-18H2,1-3H3,(H2,30,34). The summed E-state index contributed by atoms with van der Waals surface area (Å²) in [6, 6.07) is 12.4. The second-order valence-corrected chi connectivity index (χ2v) is 10.3. The number of nitrogen functional groups attached to an aromatic ring is 1. The van der Waals surface area contributed by atoms with Crippen molar-refractivity contribution in [2.24, 2.45) is 0 Å². The molecule has 2 fully saturated rings. The lowest BCUT2D eigenvalue weighted by Gasteiger charge is -2.28. The highest BCUT2D eigenvalue weighted by molar-refractivity contribution is 5.74. The van der Waals surface area contributed by atoms with Gasteiger partial charge in [0.2, 0.25) is 5.82 Å². The number of rotatable bonds is 4. The van der Waals surface area contributed by atoms with Crippen LogP contribution < -0.4 is 15.5 Å². The van der Waals surface area contributed by atoms with Crippen molar-refractivity contribution in [3.05, 3.63) is 48.4 Å². The summed E-state index contributed by atoms with van der Waals surface area (Å²) in [5, 5.41) is 18.7. The van der Waals surface area contributed by atoms with Crippen LogP contribution in [-0.2, 0) is 0 Å². The van der Waals surface area contributed by atoms with E-state index < -0.39 is 0 Å². The summed E-state index contributed by atoms with van der Waals surface area (Å²) in [5.74, 6) is 8.48. The highest BCUT2D eigenvalue weighted by atomic mass is 16.3. The first-order valence-electron chi connectivity index (χ1n) is 13.4. The van der Waals surface area contributed by atoms with Crippen LogP contribution in [0, 0.1) is 11.8 Å². The number of aromatic hydroxyl groups is 1. The molecule has 9 nitrogen and oxygen atoms in total. The Kier molecular flexibility index (Phi) is 7.61. The first-order chi connectivity index (χ1) is 18.4. The SMILES string of the molecule is CC1CCN(c2cc(-c3ccccc3O)nnc2N)CCN1c1ccnc(C#CCN2C(C)CCC2C)n1. The van der Waals surface area contributed by atoms with Crippen molar-refractivity contribution in [1.29, 1.82) is 0 Å². The normalized spacial score (nSPS) is 22.1. The minimum atomic E-state index is 0.167. The molecule has 2 aliphatic heterocycles. The summed E-state index contributed by atoms with van der Waals surface area (Å²) >= 11 is 0. The molecule has 0 saturated carbocycles. The molecule has 0 bridgehead atoms. The second-order valence-electron chi connectivity index (χ2n) is 10.3. The lowest BCUT2D eigenvalue weighted by Crippen LogP contribution is -2.35. The van der Waals surface area contributed by atoms with Crippen LogP contribution in [0.25, 0.3) is 11.3 Å². The van der Waals surface area contributed by atoms with E-state index in [-0.39, 0.29) is 11.8 Å². The average molecular weight is 513 g/mol. The Balaban J connectivity index is 1.31. The van der Waals surface area contributed by atoms with Gasteiger partial charge in [0, 0.05) is 49.5 Å². The Morgan fingerprint density at radius 2 is 1.76 bits per heavy atom. The van der Waals surface area contributed by atoms with Crippen molar-refractivity contribution in [2.75, 3.05) is 41.7 Å². The third-order valence-corrected chi connectivity index (χ3v) is 7.81. The molecule has 1 aromatic carbocycles. The molecule has 5 rings (SSSR count). The van der Waals surface area contributed by atoms with E-state index in [0.29, 0.717) is 35.0 Å². The number of hydrogen-bond acceptors (Lipinski definition) is 9. The Labute approximate surface area is 224 Å². The fourth-order valence-electron chi connectivity index (χ4n) is 5.45. The predicted octanol–water partition coefficient (Wildman–Crippen LogP) is 3.55. The van der Waals surface area contributed by atoms with E-state index in [1.807, 2.05) is 24.3 Å². The smallest absolute Gasteiger partial charge is 0.206 e. The van der Waals surface area contributed by atoms with Gasteiger partial charge < -0.3 is 20.6 Å². The monoisotopic (exact) mass is 512 g/mol. The average Bonchev–Trinajstić information content (AvgIpc) is 3.11. The van der Waals surface area contributed by atoms with E-state index in [1.54, 1.807) is 18.3 Å². The third kappa shape index (κ3) is 5.50. The summed E-state index contributed by atoms with van der Waals surface area (Å²) in [6.07, 6.45) is 5.18. The van der Waals surface area contributed by atoms with Gasteiger partial charge in [-0.1, -0.05) is 18.1 Å². The molecule has 3 N–H and O–H groups in total. The maximum absolute atomic E-state index is 10.3. The van der Waals surface area contributed by atoms with Crippen molar-refractivity contribution in [3.8, 4) is 28.8 Å². The fraction of sp³-hybridized carbons (Fsp3) is 0.448. The van der Waals surface area contributed by atoms with E-state index in [0.717, 1.165) is 44.1 Å². The van der Waals surface area contributed by atoms with Crippen LogP contribution >= 0.6 is 0 Å². The minimum Gasteiger partial charge on any atom is -0.507 e. The maximum Gasteiger partial charge on any atom is 0.206 e. The Hall–Kier alpha value is -3.90. The molecule has 9 heteroatoms. The van der Waals surface area contributed by atoms with Gasteiger partial charge in [0.15, 0.2) is 5.82 Å². The molecule has 3 atom stereocenters. The molecule has 0 aliphatic carbocycles. The number of phenols is 1. The largest absolute Gasteiger partial charge is 0.507 e. The zero-order valence-corrected chi connectivity index (χ0v) is 22.4. The van der Waals surface area contributed by atoms with Gasteiger partial charge in [-0.15, -0.1) is 10.2 Å². The predicted molar refractivity (Wildman–Crippen MR) is 151 cm³/mol. The number of likely N-dealkylation sites (tertiary alicyclic amines) is 1. The van der Waals surface area contributed by atoms with E-state index in [4.69, 9.17) is 10.7 Å². The van der Waals surface area contributed by atoms with Gasteiger partial charge in [0.1, 0.15) is 11.6 Å². The minimum absolute atomic E-state index is 0.167. The summed E-state index contributed by atoms with van der Waals surface area (Å²) < 4.78 is 0. The number of phenolic OH excluding ortho intramolecular Hbond substituents is 1. The Morgan fingerprint density at radius 1 is 0.974 bits per heavy atom. The molecule has 0 amide bonds. The van der Waals surface area contributed by atoms with E-state index in [9.17, 15) is 5.11 Å². The highest BCUT2D eigenvalue weighted by Gasteiger charge is 2.26. The van der Waals surface area contributed by atoms with Gasteiger partial charge in [-0.2, -0.15) is 0 Å². The summed E-state index contributed by atoms with van der Waals surface area (Å²) in [5.41, 5.74) is 8.32. The summed E-state index contributed by atoms with van der Waals surface area (Å²) in [6.45, 7) is 9.84. The van der Waals surface area contributed by atoms with Crippen molar-refractivity contribution in [3.63, 3.8) is 0 Å². The van der Waals surface area contributed by atoms with Gasteiger partial charge in [0.25, 0.3) is 0 Å². The first-order valence-corrected chi connectivity index (χ1v) is 13.4. The van der Waals surface area contributed by atoms with Crippen LogP contribution in [0.4, 0.5) is 17.3 Å². The van der Waals surface area contributed by atoms with Gasteiger partial charge in [-0.25, -0.2) is 9.97 Å². The lowest BCUT2D eigenvalue weighted by molar-refractivity contribution is 0.243. The van der Waals surface area contributed by atoms with Crippen LogP contribution in [0.1, 0.15) is 45.9 Å². The fourth-order valence-corrected chi connectivity index (χ4v) is 5.45. The van der Waals surface area contributed by atoms with Crippen LogP contribution in [-0.4, -0.2) is 74.5 Å². The second kappa shape index (κ2) is 11.2. The number of benzene rings is 1. The zero-order chi connectivity index (χ0) is 26.6. The van der Waals surface area contributed by atoms with E-state index in [1.165, 1.54) is 12.8 Å². The first kappa shape index (κ1) is 25.7. The highest BCUT2D eigenvalue weighted by Crippen LogP contribution is 2.32. The number of anilines is 3. The van der Waals surface area contributed by atoms with E-state index in [2.05, 4.69) is 62.5 Å². The van der Waals surface area contributed by atoms with Crippen molar-refractivity contribution in [1.82, 2.24) is 25.1 Å². The molecule has 3 aromatic rings. The number of hydrogen-bond donors (Lipinski definition) is 2. The van der Waals surface area contributed by atoms with Gasteiger partial charge in [0.05, 0.1) is 17.9 Å². The summed E-state index contributed by atoms with van der Waals surface area (Å²) in [4.78, 5) is 16.2. The maximum atomic E-state index is 10.3.